The van der Waals surface area contributed by atoms with Gasteiger partial charge in [-0.05, 0) is 12.3 Å². The first-order chi connectivity index (χ1) is 8.45. The quantitative estimate of drug-likeness (QED) is 0.823. The van der Waals surface area contributed by atoms with Crippen molar-refractivity contribution in [3.8, 4) is 0 Å². The van der Waals surface area contributed by atoms with Gasteiger partial charge in [0.2, 0.25) is 0 Å². The molecule has 0 aliphatic carbocycles. The highest BCUT2D eigenvalue weighted by atomic mass is 16.4. The van der Waals surface area contributed by atoms with Crippen molar-refractivity contribution < 1.29 is 14.7 Å². The number of carbonyl (C=O) groups is 2. The maximum Gasteiger partial charge on any atom is 0.356 e. The Hall–Kier alpha value is -1.98. The lowest BCUT2D eigenvalue weighted by Crippen LogP contribution is -2.38. The van der Waals surface area contributed by atoms with Crippen LogP contribution in [0, 0.1) is 5.92 Å². The van der Waals surface area contributed by atoms with E-state index in [9.17, 15) is 9.59 Å². The standard InChI is InChI=1S/C12H17N3O3/c1-4-8(7(2)3)15-11(16)9-5-14-10(6-13-9)12(17)18/h5-8H,4H2,1-3H3,(H,15,16)(H,17,18). The summed E-state index contributed by atoms with van der Waals surface area (Å²) in [5, 5.41) is 11.5. The van der Waals surface area contributed by atoms with Crippen molar-refractivity contribution in [1.29, 1.82) is 0 Å². The van der Waals surface area contributed by atoms with Crippen LogP contribution < -0.4 is 5.32 Å². The van der Waals surface area contributed by atoms with Crippen molar-refractivity contribution in [3.63, 3.8) is 0 Å². The molecule has 1 aromatic heterocycles. The average molecular weight is 251 g/mol. The minimum atomic E-state index is -1.16. The maximum atomic E-state index is 11.8. The third-order valence-electron chi connectivity index (χ3n) is 2.66. The van der Waals surface area contributed by atoms with Crippen LogP contribution in [0.4, 0.5) is 0 Å². The fourth-order valence-electron chi connectivity index (χ4n) is 1.54. The molecule has 1 unspecified atom stereocenters. The molecule has 6 heteroatoms. The number of carboxylic acid groups (broad SMARTS) is 1. The molecule has 0 spiro atoms. The SMILES string of the molecule is CCC(NC(=O)c1cnc(C(=O)O)cn1)C(C)C. The number of aromatic nitrogens is 2. The minimum absolute atomic E-state index is 0.0680. The summed E-state index contributed by atoms with van der Waals surface area (Å²) in [6.07, 6.45) is 3.07. The fourth-order valence-corrected chi connectivity index (χ4v) is 1.54. The Morgan fingerprint density at radius 2 is 1.83 bits per heavy atom. The normalized spacial score (nSPS) is 12.2. The lowest BCUT2D eigenvalue weighted by Gasteiger charge is -2.20. The van der Waals surface area contributed by atoms with Gasteiger partial charge in [0.1, 0.15) is 5.69 Å². The van der Waals surface area contributed by atoms with E-state index in [0.717, 1.165) is 12.6 Å². The highest BCUT2D eigenvalue weighted by Gasteiger charge is 2.16. The van der Waals surface area contributed by atoms with Crippen molar-refractivity contribution in [2.45, 2.75) is 33.2 Å². The van der Waals surface area contributed by atoms with E-state index in [-0.39, 0.29) is 23.3 Å². The molecule has 0 bridgehead atoms. The molecule has 6 nitrogen and oxygen atoms in total. The van der Waals surface area contributed by atoms with Crippen LogP contribution in [-0.2, 0) is 0 Å². The van der Waals surface area contributed by atoms with Gasteiger partial charge in [-0.2, -0.15) is 0 Å². The van der Waals surface area contributed by atoms with E-state index in [1.807, 2.05) is 20.8 Å². The van der Waals surface area contributed by atoms with Gasteiger partial charge in [-0.25, -0.2) is 14.8 Å². The highest BCUT2D eigenvalue weighted by molar-refractivity contribution is 5.92. The van der Waals surface area contributed by atoms with Gasteiger partial charge in [-0.3, -0.25) is 4.79 Å². The first kappa shape index (κ1) is 14.1. The summed E-state index contributed by atoms with van der Waals surface area (Å²) < 4.78 is 0. The molecule has 0 aromatic carbocycles. The lowest BCUT2D eigenvalue weighted by atomic mass is 10.0. The third-order valence-corrected chi connectivity index (χ3v) is 2.66. The van der Waals surface area contributed by atoms with Gasteiger partial charge < -0.3 is 10.4 Å². The Labute approximate surface area is 105 Å². The van der Waals surface area contributed by atoms with Crippen LogP contribution in [0.25, 0.3) is 0 Å². The van der Waals surface area contributed by atoms with Gasteiger partial charge in [-0.1, -0.05) is 20.8 Å². The van der Waals surface area contributed by atoms with Crippen LogP contribution >= 0.6 is 0 Å². The monoisotopic (exact) mass is 251 g/mol. The van der Waals surface area contributed by atoms with Crippen molar-refractivity contribution in [2.75, 3.05) is 0 Å². The summed E-state index contributed by atoms with van der Waals surface area (Å²) in [4.78, 5) is 29.9. The second kappa shape index (κ2) is 6.09. The molecule has 1 amide bonds. The predicted molar refractivity (Wildman–Crippen MR) is 65.4 cm³/mol. The number of amides is 1. The molecule has 1 heterocycles. The predicted octanol–water partition coefficient (Wildman–Crippen LogP) is 1.34. The van der Waals surface area contributed by atoms with E-state index >= 15 is 0 Å². The van der Waals surface area contributed by atoms with E-state index in [1.165, 1.54) is 6.20 Å². The molecule has 1 atom stereocenters. The molecule has 0 radical (unpaired) electrons. The van der Waals surface area contributed by atoms with Gasteiger partial charge in [0.25, 0.3) is 5.91 Å². The van der Waals surface area contributed by atoms with Gasteiger partial charge in [0, 0.05) is 6.04 Å². The molecule has 98 valence electrons. The molecule has 0 saturated carbocycles. The first-order valence-corrected chi connectivity index (χ1v) is 5.81. The third kappa shape index (κ3) is 3.51. The van der Waals surface area contributed by atoms with Crippen LogP contribution in [0.2, 0.25) is 0 Å². The van der Waals surface area contributed by atoms with Crippen molar-refractivity contribution in [1.82, 2.24) is 15.3 Å². The van der Waals surface area contributed by atoms with E-state index in [4.69, 9.17) is 5.11 Å². The highest BCUT2D eigenvalue weighted by Crippen LogP contribution is 2.06. The van der Waals surface area contributed by atoms with Crippen LogP contribution in [0.15, 0.2) is 12.4 Å². The Kier molecular flexibility index (Phi) is 4.76. The van der Waals surface area contributed by atoms with E-state index in [0.29, 0.717) is 5.92 Å². The molecule has 0 aliphatic rings. The van der Waals surface area contributed by atoms with E-state index in [2.05, 4.69) is 15.3 Å². The Balaban J connectivity index is 2.75. The van der Waals surface area contributed by atoms with E-state index < -0.39 is 5.97 Å². The molecule has 0 fully saturated rings. The Bertz CT molecular complexity index is 429. The number of rotatable bonds is 5. The number of carbonyl (C=O) groups excluding carboxylic acids is 1. The number of aromatic carboxylic acids is 1. The average Bonchev–Trinajstić information content (AvgIpc) is 2.35. The maximum absolute atomic E-state index is 11.8. The zero-order chi connectivity index (χ0) is 13.7. The van der Waals surface area contributed by atoms with Crippen LogP contribution in [-0.4, -0.2) is 33.0 Å². The fraction of sp³-hybridized carbons (Fsp3) is 0.500. The Morgan fingerprint density at radius 3 is 2.22 bits per heavy atom. The number of hydrogen-bond acceptors (Lipinski definition) is 4. The zero-order valence-electron chi connectivity index (χ0n) is 10.7. The molecule has 1 rings (SSSR count). The van der Waals surface area contributed by atoms with E-state index in [1.54, 1.807) is 0 Å². The Morgan fingerprint density at radius 1 is 1.28 bits per heavy atom. The largest absolute Gasteiger partial charge is 0.476 e. The van der Waals surface area contributed by atoms with Crippen LogP contribution in [0.5, 0.6) is 0 Å². The number of nitrogens with zero attached hydrogens (tertiary/aromatic N) is 2. The second-order valence-electron chi connectivity index (χ2n) is 4.32. The van der Waals surface area contributed by atoms with Gasteiger partial charge >= 0.3 is 5.97 Å². The molecule has 0 saturated heterocycles. The van der Waals surface area contributed by atoms with Gasteiger partial charge in [0.05, 0.1) is 12.4 Å². The van der Waals surface area contributed by atoms with Crippen molar-refractivity contribution >= 4 is 11.9 Å². The van der Waals surface area contributed by atoms with Gasteiger partial charge in [-0.15, -0.1) is 0 Å². The summed E-state index contributed by atoms with van der Waals surface area (Å²) >= 11 is 0. The van der Waals surface area contributed by atoms with Crippen LogP contribution in [0.3, 0.4) is 0 Å². The lowest BCUT2D eigenvalue weighted by molar-refractivity contribution is 0.0688. The number of carboxylic acids is 1. The topological polar surface area (TPSA) is 92.2 Å². The first-order valence-electron chi connectivity index (χ1n) is 5.81. The summed E-state index contributed by atoms with van der Waals surface area (Å²) in [6.45, 7) is 6.03. The summed E-state index contributed by atoms with van der Waals surface area (Å²) in [6, 6.07) is 0.0680. The minimum Gasteiger partial charge on any atom is -0.476 e. The smallest absolute Gasteiger partial charge is 0.356 e. The molecule has 1 aromatic rings. The zero-order valence-corrected chi connectivity index (χ0v) is 10.7. The van der Waals surface area contributed by atoms with Gasteiger partial charge in [0.15, 0.2) is 5.69 Å². The molecular formula is C12H17N3O3. The van der Waals surface area contributed by atoms with Crippen molar-refractivity contribution in [2.24, 2.45) is 5.92 Å². The molecular weight excluding hydrogens is 234 g/mol. The van der Waals surface area contributed by atoms with Crippen LogP contribution in [0.1, 0.15) is 48.2 Å². The molecule has 2 N–H and O–H groups in total. The summed E-state index contributed by atoms with van der Waals surface area (Å²) in [7, 11) is 0. The van der Waals surface area contributed by atoms with Crippen molar-refractivity contribution in [3.05, 3.63) is 23.8 Å². The summed E-state index contributed by atoms with van der Waals surface area (Å²) in [5.74, 6) is -1.17. The molecule has 18 heavy (non-hydrogen) atoms. The number of nitrogens with one attached hydrogen (secondary N) is 1. The number of hydrogen-bond donors (Lipinski definition) is 2. The second-order valence-corrected chi connectivity index (χ2v) is 4.32. The molecule has 0 aliphatic heterocycles. The summed E-state index contributed by atoms with van der Waals surface area (Å²) in [5.41, 5.74) is -0.0541.